The topological polar surface area (TPSA) is 104 Å². The van der Waals surface area contributed by atoms with Gasteiger partial charge < -0.3 is 20.0 Å². The minimum Gasteiger partial charge on any atom is -0.448 e. The molecule has 4 rings (SSSR count). The van der Waals surface area contributed by atoms with Crippen molar-refractivity contribution in [1.29, 1.82) is 0 Å². The van der Waals surface area contributed by atoms with Crippen molar-refractivity contribution in [3.63, 3.8) is 0 Å². The number of H-pyrrole nitrogens is 2. The molecule has 1 aliphatic rings. The summed E-state index contributed by atoms with van der Waals surface area (Å²) in [6.45, 7) is 1.55. The van der Waals surface area contributed by atoms with Gasteiger partial charge in [-0.15, -0.1) is 11.3 Å². The van der Waals surface area contributed by atoms with Crippen LogP contribution in [0.1, 0.15) is 52.7 Å². The minimum absolute atomic E-state index is 0.309. The van der Waals surface area contributed by atoms with Gasteiger partial charge in [-0.3, -0.25) is 4.79 Å². The fourth-order valence-corrected chi connectivity index (χ4v) is 4.71. The molecule has 0 fully saturated rings. The number of benzene rings is 1. The number of aromatic nitrogens is 2. The standard InChI is InChI=1S/C21H23N3O4S/c1-12(19(25)22-14-8-9-15-16(11-14)24-21(27)23-15)28-20(26)18-10-13-6-4-2-3-5-7-17(13)29-18/h8-12H,2-7H2,1H3,(H,22,25)(H2,23,24,27)/t12-/m0/s1. The first-order valence-electron chi connectivity index (χ1n) is 9.85. The van der Waals surface area contributed by atoms with Gasteiger partial charge in [0.2, 0.25) is 0 Å². The number of aromatic amines is 2. The second-order valence-corrected chi connectivity index (χ2v) is 8.49. The van der Waals surface area contributed by atoms with E-state index in [0.29, 0.717) is 21.6 Å². The summed E-state index contributed by atoms with van der Waals surface area (Å²) in [6, 6.07) is 6.95. The van der Waals surface area contributed by atoms with Gasteiger partial charge in [-0.2, -0.15) is 0 Å². The van der Waals surface area contributed by atoms with Crippen LogP contribution in [-0.2, 0) is 22.4 Å². The number of rotatable bonds is 4. The highest BCUT2D eigenvalue weighted by molar-refractivity contribution is 7.14. The molecule has 3 N–H and O–H groups in total. The van der Waals surface area contributed by atoms with Crippen molar-refractivity contribution >= 4 is 39.9 Å². The largest absolute Gasteiger partial charge is 0.448 e. The molecular weight excluding hydrogens is 390 g/mol. The van der Waals surface area contributed by atoms with Gasteiger partial charge >= 0.3 is 11.7 Å². The predicted octanol–water partition coefficient (Wildman–Crippen LogP) is 3.76. The third-order valence-corrected chi connectivity index (χ3v) is 6.35. The maximum atomic E-state index is 12.5. The Labute approximate surface area is 171 Å². The predicted molar refractivity (Wildman–Crippen MR) is 113 cm³/mol. The van der Waals surface area contributed by atoms with Crippen LogP contribution in [0.4, 0.5) is 5.69 Å². The molecule has 1 atom stereocenters. The fourth-order valence-electron chi connectivity index (χ4n) is 3.57. The maximum absolute atomic E-state index is 12.5. The molecule has 1 aliphatic carbocycles. The van der Waals surface area contributed by atoms with E-state index in [9.17, 15) is 14.4 Å². The molecule has 0 bridgehead atoms. The summed E-state index contributed by atoms with van der Waals surface area (Å²) in [5.74, 6) is -0.889. The molecule has 152 valence electrons. The van der Waals surface area contributed by atoms with Crippen molar-refractivity contribution in [3.05, 3.63) is 50.1 Å². The Balaban J connectivity index is 1.40. The number of thiophene rings is 1. The lowest BCUT2D eigenvalue weighted by Gasteiger charge is -2.13. The van der Waals surface area contributed by atoms with E-state index in [0.717, 1.165) is 25.7 Å². The molecule has 3 aromatic rings. The van der Waals surface area contributed by atoms with E-state index in [1.165, 1.54) is 34.6 Å². The number of amides is 1. The molecule has 0 spiro atoms. The van der Waals surface area contributed by atoms with Crippen molar-refractivity contribution in [2.75, 3.05) is 5.32 Å². The third kappa shape index (κ3) is 4.42. The Morgan fingerprint density at radius 1 is 1.07 bits per heavy atom. The van der Waals surface area contributed by atoms with Gasteiger partial charge in [0.05, 0.1) is 11.0 Å². The average molecular weight is 413 g/mol. The van der Waals surface area contributed by atoms with Gasteiger partial charge in [-0.25, -0.2) is 9.59 Å². The Kier molecular flexibility index (Phi) is 5.53. The van der Waals surface area contributed by atoms with Crippen LogP contribution in [0, 0.1) is 0 Å². The van der Waals surface area contributed by atoms with Crippen LogP contribution >= 0.6 is 11.3 Å². The van der Waals surface area contributed by atoms with Crippen LogP contribution < -0.4 is 11.0 Å². The Bertz CT molecular complexity index is 1090. The third-order valence-electron chi connectivity index (χ3n) is 5.13. The number of ether oxygens (including phenoxy) is 1. The molecule has 2 aromatic heterocycles. The van der Waals surface area contributed by atoms with Crippen molar-refractivity contribution in [2.24, 2.45) is 0 Å². The second kappa shape index (κ2) is 8.24. The normalized spacial score (nSPS) is 15.2. The van der Waals surface area contributed by atoms with Crippen LogP contribution in [-0.4, -0.2) is 27.9 Å². The highest BCUT2D eigenvalue weighted by Crippen LogP contribution is 2.29. The zero-order valence-electron chi connectivity index (χ0n) is 16.2. The first-order valence-corrected chi connectivity index (χ1v) is 10.7. The lowest BCUT2D eigenvalue weighted by atomic mass is 10.00. The van der Waals surface area contributed by atoms with Gasteiger partial charge in [0.15, 0.2) is 6.10 Å². The SMILES string of the molecule is C[C@H](OC(=O)c1cc2c(s1)CCCCCC2)C(=O)Nc1ccc2[nH]c(=O)[nH]c2c1. The van der Waals surface area contributed by atoms with Crippen molar-refractivity contribution in [2.45, 2.75) is 51.6 Å². The number of carbonyl (C=O) groups excluding carboxylic acids is 2. The summed E-state index contributed by atoms with van der Waals surface area (Å²) in [5, 5.41) is 2.72. The number of hydrogen-bond donors (Lipinski definition) is 3. The number of hydrogen-bond acceptors (Lipinski definition) is 5. The number of nitrogens with one attached hydrogen (secondary N) is 3. The smallest absolute Gasteiger partial charge is 0.349 e. The quantitative estimate of drug-likeness (QED) is 0.567. The number of anilines is 1. The highest BCUT2D eigenvalue weighted by Gasteiger charge is 2.22. The van der Waals surface area contributed by atoms with Crippen LogP contribution in [0.3, 0.4) is 0 Å². The molecule has 0 saturated heterocycles. The molecule has 29 heavy (non-hydrogen) atoms. The summed E-state index contributed by atoms with van der Waals surface area (Å²) in [5.41, 5.74) is 2.69. The Morgan fingerprint density at radius 3 is 2.66 bits per heavy atom. The summed E-state index contributed by atoms with van der Waals surface area (Å²) < 4.78 is 5.40. The second-order valence-electron chi connectivity index (χ2n) is 7.35. The molecule has 7 nitrogen and oxygen atoms in total. The van der Waals surface area contributed by atoms with E-state index in [-0.39, 0.29) is 5.69 Å². The zero-order chi connectivity index (χ0) is 20.4. The fraction of sp³-hybridized carbons (Fsp3) is 0.381. The molecule has 8 heteroatoms. The van der Waals surface area contributed by atoms with Crippen LogP contribution in [0.15, 0.2) is 29.1 Å². The van der Waals surface area contributed by atoms with E-state index in [4.69, 9.17) is 4.74 Å². The number of carbonyl (C=O) groups is 2. The molecule has 0 radical (unpaired) electrons. The summed E-state index contributed by atoms with van der Waals surface area (Å²) in [4.78, 5) is 43.4. The van der Waals surface area contributed by atoms with Crippen molar-refractivity contribution in [3.8, 4) is 0 Å². The van der Waals surface area contributed by atoms with Gasteiger partial charge in [0, 0.05) is 10.6 Å². The van der Waals surface area contributed by atoms with E-state index in [2.05, 4.69) is 15.3 Å². The zero-order valence-corrected chi connectivity index (χ0v) is 17.0. The van der Waals surface area contributed by atoms with E-state index < -0.39 is 18.0 Å². The Hall–Kier alpha value is -2.87. The Morgan fingerprint density at radius 2 is 1.83 bits per heavy atom. The molecule has 1 aromatic carbocycles. The first-order chi connectivity index (χ1) is 14.0. The van der Waals surface area contributed by atoms with Gasteiger partial charge in [-0.1, -0.05) is 12.8 Å². The minimum atomic E-state index is -0.937. The van der Waals surface area contributed by atoms with E-state index >= 15 is 0 Å². The molecule has 1 amide bonds. The van der Waals surface area contributed by atoms with Crippen LogP contribution in [0.5, 0.6) is 0 Å². The number of esters is 1. The van der Waals surface area contributed by atoms with Gasteiger partial charge in [0.1, 0.15) is 4.88 Å². The van der Waals surface area contributed by atoms with E-state index in [1.807, 2.05) is 6.07 Å². The molecule has 2 heterocycles. The molecular formula is C21H23N3O4S. The van der Waals surface area contributed by atoms with Gasteiger partial charge in [-0.05, 0) is 62.4 Å². The maximum Gasteiger partial charge on any atom is 0.349 e. The molecule has 0 unspecified atom stereocenters. The lowest BCUT2D eigenvalue weighted by Crippen LogP contribution is -2.29. The summed E-state index contributed by atoms with van der Waals surface area (Å²) >= 11 is 1.48. The molecule has 0 aliphatic heterocycles. The summed E-state index contributed by atoms with van der Waals surface area (Å²) in [6.07, 6.45) is 5.83. The van der Waals surface area contributed by atoms with Gasteiger partial charge in [0.25, 0.3) is 5.91 Å². The number of aryl methyl sites for hydroxylation is 2. The number of fused-ring (bicyclic) bond motifs is 2. The van der Waals surface area contributed by atoms with Crippen LogP contribution in [0.25, 0.3) is 11.0 Å². The highest BCUT2D eigenvalue weighted by atomic mass is 32.1. The lowest BCUT2D eigenvalue weighted by molar-refractivity contribution is -0.123. The monoisotopic (exact) mass is 413 g/mol. The molecule has 0 saturated carbocycles. The summed E-state index contributed by atoms with van der Waals surface area (Å²) in [7, 11) is 0. The van der Waals surface area contributed by atoms with Crippen molar-refractivity contribution < 1.29 is 14.3 Å². The van der Waals surface area contributed by atoms with E-state index in [1.54, 1.807) is 25.1 Å². The number of imidazole rings is 1. The first kappa shape index (κ1) is 19.4. The van der Waals surface area contributed by atoms with Crippen molar-refractivity contribution in [1.82, 2.24) is 9.97 Å². The average Bonchev–Trinajstić information content (AvgIpc) is 3.23. The van der Waals surface area contributed by atoms with Crippen LogP contribution in [0.2, 0.25) is 0 Å².